The number of aromatic nitrogens is 1. The van der Waals surface area contributed by atoms with Gasteiger partial charge in [-0.3, -0.25) is 0 Å². The second-order valence-electron chi connectivity index (χ2n) is 8.76. The number of aliphatic hydroxyl groups is 4. The van der Waals surface area contributed by atoms with E-state index in [-0.39, 0.29) is 10.9 Å². The molecule has 1 aliphatic heterocycles. The quantitative estimate of drug-likeness (QED) is 0.484. The molecule has 1 saturated carbocycles. The first-order chi connectivity index (χ1) is 15.4. The highest BCUT2D eigenvalue weighted by molar-refractivity contribution is 5.85. The van der Waals surface area contributed by atoms with Gasteiger partial charge in [0.1, 0.15) is 36.1 Å². The molecule has 3 aromatic rings. The molecule has 6 nitrogen and oxygen atoms in total. The van der Waals surface area contributed by atoms with E-state index in [1.165, 1.54) is 23.0 Å². The van der Waals surface area contributed by atoms with Crippen LogP contribution < -0.4 is 0 Å². The third kappa shape index (κ3) is 3.72. The summed E-state index contributed by atoms with van der Waals surface area (Å²) >= 11 is 0. The van der Waals surface area contributed by atoms with Crippen molar-refractivity contribution >= 4 is 10.9 Å². The molecular formula is C24H25F2NO5. The Kier molecular flexibility index (Phi) is 5.51. The van der Waals surface area contributed by atoms with Crippen molar-refractivity contribution in [1.29, 1.82) is 0 Å². The van der Waals surface area contributed by atoms with E-state index in [0.29, 0.717) is 17.9 Å². The second-order valence-corrected chi connectivity index (χ2v) is 8.76. The van der Waals surface area contributed by atoms with Gasteiger partial charge in [0, 0.05) is 17.6 Å². The second kappa shape index (κ2) is 8.20. The van der Waals surface area contributed by atoms with Gasteiger partial charge in [-0.05, 0) is 47.9 Å². The highest BCUT2D eigenvalue weighted by Gasteiger charge is 2.44. The molecule has 2 fully saturated rings. The zero-order valence-electron chi connectivity index (χ0n) is 17.2. The average Bonchev–Trinajstić information content (AvgIpc) is 3.56. The molecule has 5 atom stereocenters. The minimum Gasteiger partial charge on any atom is -0.394 e. The fourth-order valence-corrected chi connectivity index (χ4v) is 4.58. The van der Waals surface area contributed by atoms with E-state index in [1.807, 2.05) is 12.1 Å². The van der Waals surface area contributed by atoms with E-state index in [4.69, 9.17) is 4.74 Å². The predicted octanol–water partition coefficient (Wildman–Crippen LogP) is 2.36. The first-order valence-corrected chi connectivity index (χ1v) is 10.7. The molecule has 2 aliphatic rings. The van der Waals surface area contributed by atoms with Gasteiger partial charge in [-0.1, -0.05) is 24.3 Å². The largest absolute Gasteiger partial charge is 0.394 e. The van der Waals surface area contributed by atoms with Crippen molar-refractivity contribution < 1.29 is 33.9 Å². The summed E-state index contributed by atoms with van der Waals surface area (Å²) in [6.07, 6.45) is -2.74. The molecule has 5 rings (SSSR count). The third-order valence-corrected chi connectivity index (χ3v) is 6.49. The SMILES string of the molecule is OC[C@H]1OC(n2cc(Cc3ccc(C4CC4)cc3)c3c(F)cc(F)cc32)[C@H](O)[C@@H](O)[C@@H]1O. The normalized spacial score (nSPS) is 28.4. The molecule has 1 saturated heterocycles. The number of nitrogens with zero attached hydrogens (tertiary/aromatic N) is 1. The van der Waals surface area contributed by atoms with Gasteiger partial charge in [0.25, 0.3) is 0 Å². The van der Waals surface area contributed by atoms with Crippen molar-refractivity contribution in [1.82, 2.24) is 4.57 Å². The Morgan fingerprint density at radius 2 is 1.69 bits per heavy atom. The molecule has 1 aromatic heterocycles. The summed E-state index contributed by atoms with van der Waals surface area (Å²) in [5.41, 5.74) is 2.95. The van der Waals surface area contributed by atoms with Crippen molar-refractivity contribution in [3.05, 3.63) is 70.9 Å². The molecule has 8 heteroatoms. The van der Waals surface area contributed by atoms with Crippen molar-refractivity contribution in [2.24, 2.45) is 0 Å². The van der Waals surface area contributed by atoms with E-state index in [2.05, 4.69) is 12.1 Å². The van der Waals surface area contributed by atoms with E-state index in [9.17, 15) is 29.2 Å². The summed E-state index contributed by atoms with van der Waals surface area (Å²) in [6, 6.07) is 10.1. The average molecular weight is 445 g/mol. The van der Waals surface area contributed by atoms with Crippen LogP contribution in [0.15, 0.2) is 42.6 Å². The fourth-order valence-electron chi connectivity index (χ4n) is 4.58. The summed E-state index contributed by atoms with van der Waals surface area (Å²) in [6.45, 7) is -0.594. The first kappa shape index (κ1) is 21.5. The molecule has 1 unspecified atom stereocenters. The van der Waals surface area contributed by atoms with Crippen LogP contribution in [-0.2, 0) is 11.2 Å². The fraction of sp³-hybridized carbons (Fsp3) is 0.417. The smallest absolute Gasteiger partial charge is 0.163 e. The van der Waals surface area contributed by atoms with Crippen LogP contribution >= 0.6 is 0 Å². The van der Waals surface area contributed by atoms with E-state index >= 15 is 0 Å². The maximum atomic E-state index is 14.9. The maximum Gasteiger partial charge on any atom is 0.163 e. The van der Waals surface area contributed by atoms with Gasteiger partial charge in [0.15, 0.2) is 6.23 Å². The van der Waals surface area contributed by atoms with E-state index < -0.39 is 48.9 Å². The molecule has 2 aromatic carbocycles. The third-order valence-electron chi connectivity index (χ3n) is 6.49. The van der Waals surface area contributed by atoms with Crippen LogP contribution in [0.25, 0.3) is 10.9 Å². The predicted molar refractivity (Wildman–Crippen MR) is 112 cm³/mol. The van der Waals surface area contributed by atoms with Gasteiger partial charge in [-0.15, -0.1) is 0 Å². The lowest BCUT2D eigenvalue weighted by molar-refractivity contribution is -0.250. The molecule has 1 aliphatic carbocycles. The Labute approximate surface area is 183 Å². The van der Waals surface area contributed by atoms with Gasteiger partial charge >= 0.3 is 0 Å². The summed E-state index contributed by atoms with van der Waals surface area (Å²) in [7, 11) is 0. The maximum absolute atomic E-state index is 14.9. The monoisotopic (exact) mass is 445 g/mol. The van der Waals surface area contributed by atoms with Crippen LogP contribution in [0.1, 0.15) is 41.7 Å². The standard InChI is InChI=1S/C24H25F2NO5/c25-16-8-17(26)20-15(7-12-1-3-13(4-2-12)14-5-6-14)10-27(18(20)9-16)24-23(31)22(30)21(29)19(11-28)32-24/h1-4,8-10,14,19,21-24,28-31H,5-7,11H2/t19-,21-,22+,23-,24?/m1/s1. The molecular weight excluding hydrogens is 420 g/mol. The number of aliphatic hydroxyl groups excluding tert-OH is 4. The number of rotatable bonds is 5. The van der Waals surface area contributed by atoms with E-state index in [1.54, 1.807) is 6.20 Å². The van der Waals surface area contributed by atoms with Gasteiger partial charge in [0.2, 0.25) is 0 Å². The van der Waals surface area contributed by atoms with Crippen LogP contribution in [0.4, 0.5) is 8.78 Å². The lowest BCUT2D eigenvalue weighted by Gasteiger charge is -2.40. The van der Waals surface area contributed by atoms with Gasteiger partial charge in [-0.25, -0.2) is 8.78 Å². The van der Waals surface area contributed by atoms with Crippen molar-refractivity contribution in [3.8, 4) is 0 Å². The van der Waals surface area contributed by atoms with Gasteiger partial charge in [0.05, 0.1) is 12.1 Å². The van der Waals surface area contributed by atoms with Crippen LogP contribution in [-0.4, -0.2) is 56.0 Å². The van der Waals surface area contributed by atoms with Crippen molar-refractivity contribution in [2.75, 3.05) is 6.61 Å². The topological polar surface area (TPSA) is 95.1 Å². The molecule has 4 N–H and O–H groups in total. The molecule has 0 bridgehead atoms. The molecule has 170 valence electrons. The van der Waals surface area contributed by atoms with E-state index in [0.717, 1.165) is 17.7 Å². The Balaban J connectivity index is 1.56. The molecule has 0 radical (unpaired) electrons. The zero-order chi connectivity index (χ0) is 22.6. The van der Waals surface area contributed by atoms with Gasteiger partial charge < -0.3 is 29.7 Å². The first-order valence-electron chi connectivity index (χ1n) is 10.7. The van der Waals surface area contributed by atoms with Crippen LogP contribution in [0, 0.1) is 11.6 Å². The Hall–Kier alpha value is -2.36. The van der Waals surface area contributed by atoms with Gasteiger partial charge in [-0.2, -0.15) is 0 Å². The highest BCUT2D eigenvalue weighted by atomic mass is 19.1. The minimum absolute atomic E-state index is 0.149. The number of ether oxygens (including phenoxy) is 1. The van der Waals surface area contributed by atoms with Crippen LogP contribution in [0.2, 0.25) is 0 Å². The van der Waals surface area contributed by atoms with Crippen molar-refractivity contribution in [3.63, 3.8) is 0 Å². The minimum atomic E-state index is -1.60. The molecule has 2 heterocycles. The Morgan fingerprint density at radius 3 is 2.34 bits per heavy atom. The summed E-state index contributed by atoms with van der Waals surface area (Å²) in [4.78, 5) is 0. The Bertz CT molecular complexity index is 1130. The number of fused-ring (bicyclic) bond motifs is 1. The van der Waals surface area contributed by atoms with Crippen LogP contribution in [0.3, 0.4) is 0 Å². The van der Waals surface area contributed by atoms with Crippen molar-refractivity contribution in [2.45, 2.75) is 55.8 Å². The lowest BCUT2D eigenvalue weighted by atomic mass is 9.98. The summed E-state index contributed by atoms with van der Waals surface area (Å²) in [5.74, 6) is -0.912. The molecule has 0 spiro atoms. The summed E-state index contributed by atoms with van der Waals surface area (Å²) in [5, 5.41) is 40.5. The number of benzene rings is 2. The number of hydrogen-bond donors (Lipinski definition) is 4. The van der Waals surface area contributed by atoms with Crippen LogP contribution in [0.5, 0.6) is 0 Å². The number of hydrogen-bond acceptors (Lipinski definition) is 5. The molecule has 32 heavy (non-hydrogen) atoms. The summed E-state index contributed by atoms with van der Waals surface area (Å²) < 4.78 is 35.9. The lowest BCUT2D eigenvalue weighted by Crippen LogP contribution is -2.56. The Morgan fingerprint density at radius 1 is 0.969 bits per heavy atom. The number of halogens is 2. The molecule has 0 amide bonds. The zero-order valence-corrected chi connectivity index (χ0v) is 17.2. The highest BCUT2D eigenvalue weighted by Crippen LogP contribution is 2.40.